The van der Waals surface area contributed by atoms with Crippen LogP contribution in [0.4, 0.5) is 10.5 Å². The molecule has 4 N–H and O–H groups in total. The van der Waals surface area contributed by atoms with Crippen LogP contribution in [-0.2, 0) is 25.4 Å². The molecule has 2 fully saturated rings. The number of nitrogens with zero attached hydrogens (tertiary/aromatic N) is 1. The van der Waals surface area contributed by atoms with Gasteiger partial charge in [-0.05, 0) is 38.0 Å². The quantitative estimate of drug-likeness (QED) is 0.391. The van der Waals surface area contributed by atoms with E-state index in [0.717, 1.165) is 11.1 Å². The number of fused-ring (bicyclic) bond motifs is 5. The summed E-state index contributed by atoms with van der Waals surface area (Å²) in [5.74, 6) is -0.990. The van der Waals surface area contributed by atoms with Gasteiger partial charge in [0.2, 0.25) is 5.91 Å². The normalized spacial score (nSPS) is 36.2. The Bertz CT molecular complexity index is 1170. The highest BCUT2D eigenvalue weighted by Crippen LogP contribution is 2.48. The van der Waals surface area contributed by atoms with E-state index in [9.17, 15) is 24.9 Å². The number of hydrogen-bond acceptors (Lipinski definition) is 8. The van der Waals surface area contributed by atoms with Gasteiger partial charge in [-0.15, -0.1) is 0 Å². The number of phenolic OH excluding ortho intramolecular Hbond substituents is 1. The average molecular weight is 551 g/mol. The first-order valence-electron chi connectivity index (χ1n) is 12.5. The van der Waals surface area contributed by atoms with Crippen LogP contribution in [-0.4, -0.2) is 77.2 Å². The Balaban J connectivity index is 1.73. The fraction of sp³-hybridized carbons (Fsp3) is 0.556. The third kappa shape index (κ3) is 5.41. The van der Waals surface area contributed by atoms with E-state index in [1.807, 2.05) is 13.0 Å². The van der Waals surface area contributed by atoms with Crippen molar-refractivity contribution in [2.75, 3.05) is 19.1 Å². The van der Waals surface area contributed by atoms with Gasteiger partial charge in [0, 0.05) is 26.5 Å². The second kappa shape index (κ2) is 10.5. The van der Waals surface area contributed by atoms with Crippen LogP contribution in [0.2, 0.25) is 5.02 Å². The van der Waals surface area contributed by atoms with Crippen LogP contribution in [0.1, 0.15) is 39.2 Å². The lowest BCUT2D eigenvalue weighted by atomic mass is 9.84. The van der Waals surface area contributed by atoms with Crippen molar-refractivity contribution in [1.82, 2.24) is 5.32 Å². The van der Waals surface area contributed by atoms with Crippen molar-refractivity contribution in [2.24, 2.45) is 5.92 Å². The lowest BCUT2D eigenvalue weighted by Crippen LogP contribution is -2.63. The summed E-state index contributed by atoms with van der Waals surface area (Å²) in [6, 6.07) is 3.25. The molecule has 10 nitrogen and oxygen atoms in total. The molecule has 3 aliphatic heterocycles. The number of hydrogen-bond donors (Lipinski definition) is 4. The van der Waals surface area contributed by atoms with Gasteiger partial charge in [0.05, 0.1) is 24.3 Å². The first-order chi connectivity index (χ1) is 17.8. The van der Waals surface area contributed by atoms with Crippen LogP contribution in [0, 0.1) is 5.92 Å². The summed E-state index contributed by atoms with van der Waals surface area (Å²) in [4.78, 5) is 26.9. The minimum atomic E-state index is -1.75. The van der Waals surface area contributed by atoms with E-state index in [4.69, 9.17) is 25.8 Å². The van der Waals surface area contributed by atoms with Gasteiger partial charge in [-0.1, -0.05) is 42.3 Å². The lowest BCUT2D eigenvalue weighted by molar-refractivity contribution is -0.142. The summed E-state index contributed by atoms with van der Waals surface area (Å²) in [5.41, 5.74) is -0.867. The molecule has 11 heteroatoms. The molecule has 208 valence electrons. The maximum atomic E-state index is 13.1. The van der Waals surface area contributed by atoms with Crippen LogP contribution in [0.25, 0.3) is 0 Å². The summed E-state index contributed by atoms with van der Waals surface area (Å²) in [7, 11) is 2.96. The number of aliphatic hydroxyl groups excluding tert-OH is 1. The van der Waals surface area contributed by atoms with Crippen molar-refractivity contribution >= 4 is 29.3 Å². The number of amides is 2. The zero-order valence-electron chi connectivity index (χ0n) is 22.1. The number of carbonyl (C=O) groups excluding carboxylic acids is 2. The number of aromatic hydroxyl groups is 1. The van der Waals surface area contributed by atoms with Gasteiger partial charge in [-0.3, -0.25) is 10.1 Å². The van der Waals surface area contributed by atoms with E-state index in [0.29, 0.717) is 12.1 Å². The molecule has 1 aromatic carbocycles. The van der Waals surface area contributed by atoms with Crippen LogP contribution in [0.15, 0.2) is 35.9 Å². The highest BCUT2D eigenvalue weighted by molar-refractivity contribution is 6.35. The van der Waals surface area contributed by atoms with Crippen molar-refractivity contribution in [2.45, 2.75) is 75.8 Å². The first kappa shape index (κ1) is 28.4. The third-order valence-electron chi connectivity index (χ3n) is 7.78. The standard InChI is InChI=1S/C27H35ClN2O8/c1-14-7-6-8-21(36-5)27(35)13-19(37-25(34)29-27)15(2)24-26(3,38-24)20(32)12-22(33)30(4)17-10-16(9-14)11-18(31)23(17)28/h6-8,10-11,15,19-21,24,31-32,35H,9,12-13H2,1-5H3,(H,29,34). The predicted molar refractivity (Wildman–Crippen MR) is 140 cm³/mol. The summed E-state index contributed by atoms with van der Waals surface area (Å²) in [6.07, 6.45) is 1.27. The summed E-state index contributed by atoms with van der Waals surface area (Å²) in [6.45, 7) is 5.39. The largest absolute Gasteiger partial charge is 0.506 e. The van der Waals surface area contributed by atoms with Crippen molar-refractivity contribution in [3.05, 3.63) is 46.5 Å². The Labute approximate surface area is 226 Å². The summed E-state index contributed by atoms with van der Waals surface area (Å²) in [5, 5.41) is 35.3. The Morgan fingerprint density at radius 2 is 2.00 bits per heavy atom. The second-order valence-corrected chi connectivity index (χ2v) is 11.0. The molecular weight excluding hydrogens is 516 g/mol. The third-order valence-corrected chi connectivity index (χ3v) is 8.16. The highest BCUT2D eigenvalue weighted by atomic mass is 35.5. The molecule has 0 spiro atoms. The maximum absolute atomic E-state index is 13.1. The number of nitrogens with one attached hydrogen (secondary N) is 1. The van der Waals surface area contributed by atoms with Crippen LogP contribution < -0.4 is 10.2 Å². The molecule has 0 saturated carbocycles. The SMILES string of the molecule is COC1C=CC=C(C)Cc2cc(O)c(Cl)c(c2)N(C)C(=O)CC(O)C2(C)OC2C(C)C2CC1(O)NC(=O)O2. The monoisotopic (exact) mass is 550 g/mol. The number of carbonyl (C=O) groups is 2. The minimum Gasteiger partial charge on any atom is -0.506 e. The summed E-state index contributed by atoms with van der Waals surface area (Å²) >= 11 is 6.34. The van der Waals surface area contributed by atoms with Gasteiger partial charge < -0.3 is 34.4 Å². The number of allylic oxidation sites excluding steroid dienone is 3. The Kier molecular flexibility index (Phi) is 7.84. The predicted octanol–water partition coefficient (Wildman–Crippen LogP) is 2.81. The molecule has 0 radical (unpaired) electrons. The minimum absolute atomic E-state index is 0.0166. The number of rotatable bonds is 1. The molecule has 4 bridgehead atoms. The van der Waals surface area contributed by atoms with E-state index in [1.165, 1.54) is 25.1 Å². The molecule has 7 atom stereocenters. The average Bonchev–Trinajstić information content (AvgIpc) is 3.54. The van der Waals surface area contributed by atoms with E-state index < -0.39 is 53.7 Å². The van der Waals surface area contributed by atoms with Crippen LogP contribution >= 0.6 is 11.6 Å². The molecule has 2 amide bonds. The van der Waals surface area contributed by atoms with Crippen molar-refractivity contribution in [3.63, 3.8) is 0 Å². The van der Waals surface area contributed by atoms with Crippen LogP contribution in [0.5, 0.6) is 5.75 Å². The summed E-state index contributed by atoms with van der Waals surface area (Å²) < 4.78 is 16.9. The van der Waals surface area contributed by atoms with E-state index >= 15 is 0 Å². The molecule has 38 heavy (non-hydrogen) atoms. The first-order valence-corrected chi connectivity index (χ1v) is 12.9. The fourth-order valence-corrected chi connectivity index (χ4v) is 5.56. The lowest BCUT2D eigenvalue weighted by Gasteiger charge is -2.42. The molecule has 0 aliphatic carbocycles. The number of ether oxygens (including phenoxy) is 3. The molecular formula is C27H35ClN2O8. The van der Waals surface area contributed by atoms with Gasteiger partial charge in [-0.2, -0.15) is 0 Å². The Hall–Kier alpha value is -2.63. The number of aliphatic hydroxyl groups is 2. The smallest absolute Gasteiger partial charge is 0.409 e. The number of anilines is 1. The molecule has 3 heterocycles. The topological polar surface area (TPSA) is 141 Å². The van der Waals surface area contributed by atoms with Gasteiger partial charge in [0.25, 0.3) is 0 Å². The zero-order valence-corrected chi connectivity index (χ0v) is 22.9. The fourth-order valence-electron chi connectivity index (χ4n) is 5.33. The number of methoxy groups -OCH3 is 1. The zero-order chi connectivity index (χ0) is 28.0. The van der Waals surface area contributed by atoms with Gasteiger partial charge in [0.15, 0.2) is 5.72 Å². The van der Waals surface area contributed by atoms with E-state index in [2.05, 4.69) is 5.32 Å². The van der Waals surface area contributed by atoms with Gasteiger partial charge >= 0.3 is 6.09 Å². The van der Waals surface area contributed by atoms with Gasteiger partial charge in [-0.25, -0.2) is 4.79 Å². The molecule has 0 aromatic heterocycles. The van der Waals surface area contributed by atoms with Crippen LogP contribution in [0.3, 0.4) is 0 Å². The Morgan fingerprint density at radius 1 is 1.29 bits per heavy atom. The highest BCUT2D eigenvalue weighted by Gasteiger charge is 2.62. The van der Waals surface area contributed by atoms with Gasteiger partial charge in [0.1, 0.15) is 28.6 Å². The van der Waals surface area contributed by atoms with Crippen molar-refractivity contribution in [1.29, 1.82) is 0 Å². The Morgan fingerprint density at radius 3 is 2.68 bits per heavy atom. The number of phenols is 1. The second-order valence-electron chi connectivity index (χ2n) is 10.6. The molecule has 4 rings (SSSR count). The van der Waals surface area contributed by atoms with E-state index in [1.54, 1.807) is 32.1 Å². The van der Waals surface area contributed by atoms with Crippen molar-refractivity contribution < 1.29 is 39.1 Å². The number of benzene rings is 1. The molecule has 1 aromatic rings. The van der Waals surface area contributed by atoms with Crippen molar-refractivity contribution in [3.8, 4) is 5.75 Å². The number of epoxide rings is 1. The maximum Gasteiger partial charge on any atom is 0.409 e. The van der Waals surface area contributed by atoms with E-state index in [-0.39, 0.29) is 23.6 Å². The molecule has 3 aliphatic rings. The molecule has 7 unspecified atom stereocenters. The number of halogens is 1. The number of alkyl carbamates (subject to hydrolysis) is 1. The molecule has 2 saturated heterocycles.